The molecule has 0 bridgehead atoms. The predicted octanol–water partition coefficient (Wildman–Crippen LogP) is 3.49. The van der Waals surface area contributed by atoms with Crippen molar-refractivity contribution in [1.82, 2.24) is 10.2 Å². The molecule has 2 amide bonds. The molecule has 1 aliphatic heterocycles. The fourth-order valence-corrected chi connectivity index (χ4v) is 3.92. The van der Waals surface area contributed by atoms with Gasteiger partial charge in [-0.2, -0.15) is 0 Å². The second-order valence-corrected chi connectivity index (χ2v) is 8.14. The summed E-state index contributed by atoms with van der Waals surface area (Å²) in [5, 5.41) is 6.62. The van der Waals surface area contributed by atoms with Gasteiger partial charge in [0.15, 0.2) is 0 Å². The minimum Gasteiger partial charge on any atom is -0.379 e. The van der Waals surface area contributed by atoms with E-state index in [9.17, 15) is 9.59 Å². The molecule has 0 aromatic heterocycles. The summed E-state index contributed by atoms with van der Waals surface area (Å²) in [5.41, 5.74) is 2.27. The van der Waals surface area contributed by atoms with Gasteiger partial charge < -0.3 is 15.4 Å². The zero-order valence-corrected chi connectivity index (χ0v) is 17.5. The summed E-state index contributed by atoms with van der Waals surface area (Å²) in [6.07, 6.45) is 1.92. The number of hydrogen-bond donors (Lipinski definition) is 2. The molecule has 1 heterocycles. The Labute approximate surface area is 181 Å². The van der Waals surface area contributed by atoms with Gasteiger partial charge >= 0.3 is 0 Å². The second-order valence-electron chi connectivity index (χ2n) is 7.74. The van der Waals surface area contributed by atoms with Crippen LogP contribution in [0.1, 0.15) is 34.8 Å². The van der Waals surface area contributed by atoms with Crippen molar-refractivity contribution in [2.45, 2.75) is 18.9 Å². The maximum Gasteiger partial charge on any atom is 0.251 e. The first-order valence-electron chi connectivity index (χ1n) is 10.4. The zero-order chi connectivity index (χ0) is 20.9. The molecule has 2 aliphatic rings. The Morgan fingerprint density at radius 1 is 1.07 bits per heavy atom. The second kappa shape index (κ2) is 9.60. The maximum atomic E-state index is 12.7. The average molecular weight is 428 g/mol. The molecule has 0 radical (unpaired) electrons. The number of carbonyl (C=O) groups is 2. The Morgan fingerprint density at radius 3 is 2.43 bits per heavy atom. The molecule has 1 saturated carbocycles. The van der Waals surface area contributed by atoms with Crippen molar-refractivity contribution < 1.29 is 14.3 Å². The van der Waals surface area contributed by atoms with Crippen molar-refractivity contribution in [3.8, 4) is 0 Å². The summed E-state index contributed by atoms with van der Waals surface area (Å²) in [7, 11) is 0. The van der Waals surface area contributed by atoms with E-state index >= 15 is 0 Å². The van der Waals surface area contributed by atoms with E-state index in [0.29, 0.717) is 36.0 Å². The third-order valence-electron chi connectivity index (χ3n) is 5.57. The molecule has 6 nitrogen and oxygen atoms in total. The van der Waals surface area contributed by atoms with Gasteiger partial charge in [0.05, 0.1) is 19.3 Å². The smallest absolute Gasteiger partial charge is 0.251 e. The summed E-state index contributed by atoms with van der Waals surface area (Å²) in [6.45, 7) is 3.37. The van der Waals surface area contributed by atoms with Crippen LogP contribution in [-0.2, 0) is 9.53 Å². The topological polar surface area (TPSA) is 70.7 Å². The molecular weight excluding hydrogens is 402 g/mol. The minimum atomic E-state index is -0.152. The molecule has 0 spiro atoms. The van der Waals surface area contributed by atoms with E-state index in [2.05, 4.69) is 15.5 Å². The van der Waals surface area contributed by atoms with Crippen LogP contribution in [0.25, 0.3) is 0 Å². The van der Waals surface area contributed by atoms with Crippen LogP contribution in [-0.4, -0.2) is 49.6 Å². The maximum absolute atomic E-state index is 12.7. The molecule has 7 heteroatoms. The number of morpholine rings is 1. The number of nitrogens with zero attached hydrogens (tertiary/aromatic N) is 1. The number of halogens is 1. The van der Waals surface area contributed by atoms with Gasteiger partial charge in [-0.25, -0.2) is 0 Å². The first-order valence-corrected chi connectivity index (χ1v) is 10.7. The van der Waals surface area contributed by atoms with E-state index in [4.69, 9.17) is 16.3 Å². The summed E-state index contributed by atoms with van der Waals surface area (Å²) in [5.74, 6) is 0.0515. The SMILES string of the molecule is O=C(NCC(c1ccccc1Cl)N1CCOCC1)c1ccc(NC(=O)C2CC2)cc1. The Morgan fingerprint density at radius 2 is 1.77 bits per heavy atom. The third kappa shape index (κ3) is 5.19. The molecular formula is C23H26ClN3O3. The van der Waals surface area contributed by atoms with Gasteiger partial charge in [-0.15, -0.1) is 0 Å². The standard InChI is InChI=1S/C23H26ClN3O3/c24-20-4-2-1-3-19(20)21(27-11-13-30-14-12-27)15-25-22(28)16-7-9-18(10-8-16)26-23(29)17-5-6-17/h1-4,7-10,17,21H,5-6,11-15H2,(H,25,28)(H,26,29). The number of benzene rings is 2. The molecule has 2 aromatic rings. The van der Waals surface area contributed by atoms with E-state index in [1.807, 2.05) is 24.3 Å². The van der Waals surface area contributed by atoms with Crippen molar-refractivity contribution in [3.05, 3.63) is 64.7 Å². The molecule has 1 saturated heterocycles. The fraction of sp³-hybridized carbons (Fsp3) is 0.391. The number of nitrogens with one attached hydrogen (secondary N) is 2. The Balaban J connectivity index is 1.40. The van der Waals surface area contributed by atoms with Gasteiger partial charge in [-0.05, 0) is 48.7 Å². The molecule has 4 rings (SSSR count). The van der Waals surface area contributed by atoms with Crippen LogP contribution in [0.15, 0.2) is 48.5 Å². The quantitative estimate of drug-likeness (QED) is 0.709. The highest BCUT2D eigenvalue weighted by Gasteiger charge is 2.29. The summed E-state index contributed by atoms with van der Waals surface area (Å²) >= 11 is 6.45. The van der Waals surface area contributed by atoms with E-state index in [0.717, 1.165) is 31.5 Å². The molecule has 1 unspecified atom stereocenters. The van der Waals surface area contributed by atoms with Crippen LogP contribution >= 0.6 is 11.6 Å². The number of ether oxygens (including phenoxy) is 1. The number of hydrogen-bond acceptors (Lipinski definition) is 4. The number of amides is 2. The highest BCUT2D eigenvalue weighted by atomic mass is 35.5. The monoisotopic (exact) mass is 427 g/mol. The Kier molecular flexibility index (Phi) is 6.67. The highest BCUT2D eigenvalue weighted by Crippen LogP contribution is 2.30. The molecule has 1 aliphatic carbocycles. The van der Waals surface area contributed by atoms with E-state index in [1.54, 1.807) is 24.3 Å². The van der Waals surface area contributed by atoms with Gasteiger partial charge in [0.1, 0.15) is 0 Å². The normalized spacial score (nSPS) is 17.9. The van der Waals surface area contributed by atoms with Gasteiger partial charge in [0.2, 0.25) is 5.91 Å². The van der Waals surface area contributed by atoms with E-state index < -0.39 is 0 Å². The number of carbonyl (C=O) groups excluding carboxylic acids is 2. The first kappa shape index (κ1) is 20.8. The van der Waals surface area contributed by atoms with Gasteiger partial charge in [0, 0.05) is 41.8 Å². The third-order valence-corrected chi connectivity index (χ3v) is 5.91. The van der Waals surface area contributed by atoms with Crippen molar-refractivity contribution in [1.29, 1.82) is 0 Å². The van der Waals surface area contributed by atoms with Crippen molar-refractivity contribution >= 4 is 29.1 Å². The van der Waals surface area contributed by atoms with Crippen LogP contribution < -0.4 is 10.6 Å². The summed E-state index contributed by atoms with van der Waals surface area (Å²) in [6, 6.07) is 14.7. The largest absolute Gasteiger partial charge is 0.379 e. The Hall–Kier alpha value is -2.41. The lowest BCUT2D eigenvalue weighted by atomic mass is 10.0. The minimum absolute atomic E-state index is 0.0244. The van der Waals surface area contributed by atoms with Gasteiger partial charge in [0.25, 0.3) is 5.91 Å². The fourth-order valence-electron chi connectivity index (χ4n) is 3.66. The molecule has 158 valence electrons. The molecule has 30 heavy (non-hydrogen) atoms. The molecule has 2 aromatic carbocycles. The average Bonchev–Trinajstić information content (AvgIpc) is 3.62. The first-order chi connectivity index (χ1) is 14.6. The lowest BCUT2D eigenvalue weighted by molar-refractivity contribution is -0.117. The van der Waals surface area contributed by atoms with Crippen molar-refractivity contribution in [2.24, 2.45) is 5.92 Å². The lowest BCUT2D eigenvalue weighted by Gasteiger charge is -2.35. The van der Waals surface area contributed by atoms with Gasteiger partial charge in [-0.1, -0.05) is 29.8 Å². The Bertz CT molecular complexity index is 893. The lowest BCUT2D eigenvalue weighted by Crippen LogP contribution is -2.44. The summed E-state index contributed by atoms with van der Waals surface area (Å²) < 4.78 is 5.48. The predicted molar refractivity (Wildman–Crippen MR) is 117 cm³/mol. The van der Waals surface area contributed by atoms with E-state index in [-0.39, 0.29) is 23.8 Å². The highest BCUT2D eigenvalue weighted by molar-refractivity contribution is 6.31. The number of anilines is 1. The molecule has 1 atom stereocenters. The summed E-state index contributed by atoms with van der Waals surface area (Å²) in [4.78, 5) is 26.9. The molecule has 2 fully saturated rings. The van der Waals surface area contributed by atoms with Crippen LogP contribution in [0, 0.1) is 5.92 Å². The number of rotatable bonds is 7. The van der Waals surface area contributed by atoms with Crippen molar-refractivity contribution in [2.75, 3.05) is 38.2 Å². The molecule has 2 N–H and O–H groups in total. The van der Waals surface area contributed by atoms with E-state index in [1.165, 1.54) is 0 Å². The van der Waals surface area contributed by atoms with Crippen LogP contribution in [0.4, 0.5) is 5.69 Å². The zero-order valence-electron chi connectivity index (χ0n) is 16.8. The van der Waals surface area contributed by atoms with Gasteiger partial charge in [-0.3, -0.25) is 14.5 Å². The van der Waals surface area contributed by atoms with Crippen LogP contribution in [0.5, 0.6) is 0 Å². The van der Waals surface area contributed by atoms with Crippen LogP contribution in [0.3, 0.4) is 0 Å². The van der Waals surface area contributed by atoms with Crippen LogP contribution in [0.2, 0.25) is 5.02 Å². The van der Waals surface area contributed by atoms with Crippen molar-refractivity contribution in [3.63, 3.8) is 0 Å².